The van der Waals surface area contributed by atoms with Crippen molar-refractivity contribution in [3.05, 3.63) is 10.6 Å². The van der Waals surface area contributed by atoms with Gasteiger partial charge >= 0.3 is 0 Å². The van der Waals surface area contributed by atoms with Crippen LogP contribution in [-0.2, 0) is 17.8 Å². The quantitative estimate of drug-likeness (QED) is 0.853. The van der Waals surface area contributed by atoms with Crippen molar-refractivity contribution in [1.82, 2.24) is 15.2 Å². The first kappa shape index (κ1) is 15.4. The largest absolute Gasteiger partial charge is 0.340 e. The van der Waals surface area contributed by atoms with Gasteiger partial charge in [-0.2, -0.15) is 0 Å². The fourth-order valence-corrected chi connectivity index (χ4v) is 5.30. The summed E-state index contributed by atoms with van der Waals surface area (Å²) in [5, 5.41) is 4.72. The number of anilines is 1. The summed E-state index contributed by atoms with van der Waals surface area (Å²) >= 11 is 1.81. The lowest BCUT2D eigenvalue weighted by Gasteiger charge is -2.35. The molecule has 3 aliphatic rings. The SMILES string of the molecule is CC(C)(C)C(=O)N1CCc2nc(N3C4CCC3CNC4)sc2C1. The minimum absolute atomic E-state index is 0.250. The molecule has 1 amide bonds. The Morgan fingerprint density at radius 1 is 1.26 bits per heavy atom. The zero-order chi connectivity index (χ0) is 16.2. The van der Waals surface area contributed by atoms with Crippen LogP contribution >= 0.6 is 11.3 Å². The molecule has 5 nitrogen and oxygen atoms in total. The van der Waals surface area contributed by atoms with Crippen molar-refractivity contribution in [3.8, 4) is 0 Å². The van der Waals surface area contributed by atoms with Crippen molar-refractivity contribution in [2.45, 2.75) is 58.7 Å². The fraction of sp³-hybridized carbons (Fsp3) is 0.765. The molecule has 0 aromatic carbocycles. The number of rotatable bonds is 1. The van der Waals surface area contributed by atoms with Gasteiger partial charge in [0, 0.05) is 48.4 Å². The van der Waals surface area contributed by atoms with Crippen LogP contribution in [0.25, 0.3) is 0 Å². The smallest absolute Gasteiger partial charge is 0.228 e. The first-order valence-electron chi connectivity index (χ1n) is 8.70. The van der Waals surface area contributed by atoms with E-state index in [0.29, 0.717) is 12.1 Å². The summed E-state index contributed by atoms with van der Waals surface area (Å²) in [6, 6.07) is 1.21. The van der Waals surface area contributed by atoms with Gasteiger partial charge < -0.3 is 15.1 Å². The molecular weight excluding hydrogens is 308 g/mol. The Bertz CT molecular complexity index is 605. The number of hydrogen-bond acceptors (Lipinski definition) is 5. The Kier molecular flexibility index (Phi) is 3.65. The fourth-order valence-electron chi connectivity index (χ4n) is 4.03. The Hall–Kier alpha value is -1.14. The number of amides is 1. The number of aromatic nitrogens is 1. The third-order valence-electron chi connectivity index (χ3n) is 5.25. The molecule has 23 heavy (non-hydrogen) atoms. The van der Waals surface area contributed by atoms with Gasteiger partial charge in [0.25, 0.3) is 0 Å². The van der Waals surface area contributed by atoms with Crippen LogP contribution in [0.1, 0.15) is 44.2 Å². The number of piperazine rings is 1. The first-order valence-corrected chi connectivity index (χ1v) is 9.52. The topological polar surface area (TPSA) is 48.5 Å². The van der Waals surface area contributed by atoms with E-state index in [1.807, 2.05) is 37.0 Å². The summed E-state index contributed by atoms with van der Waals surface area (Å²) in [6.07, 6.45) is 3.45. The normalized spacial score (nSPS) is 27.3. The summed E-state index contributed by atoms with van der Waals surface area (Å²) < 4.78 is 0. The van der Waals surface area contributed by atoms with Crippen LogP contribution in [-0.4, -0.2) is 47.5 Å². The molecule has 126 valence electrons. The van der Waals surface area contributed by atoms with Crippen LogP contribution in [0.3, 0.4) is 0 Å². The molecule has 0 spiro atoms. The number of carbonyl (C=O) groups is 1. The molecule has 2 saturated heterocycles. The second-order valence-electron chi connectivity index (χ2n) is 8.04. The lowest BCUT2D eigenvalue weighted by Crippen LogP contribution is -2.51. The molecule has 4 heterocycles. The van der Waals surface area contributed by atoms with E-state index in [0.717, 1.165) is 32.6 Å². The summed E-state index contributed by atoms with van der Waals surface area (Å²) in [6.45, 7) is 9.71. The molecular formula is C17H26N4OS. The van der Waals surface area contributed by atoms with Crippen LogP contribution in [0.4, 0.5) is 5.13 Å². The van der Waals surface area contributed by atoms with Gasteiger partial charge in [0.05, 0.1) is 12.2 Å². The molecule has 1 aromatic rings. The van der Waals surface area contributed by atoms with Gasteiger partial charge in [0.15, 0.2) is 5.13 Å². The maximum Gasteiger partial charge on any atom is 0.228 e. The first-order chi connectivity index (χ1) is 10.9. The molecule has 2 fully saturated rings. The molecule has 4 rings (SSSR count). The van der Waals surface area contributed by atoms with E-state index >= 15 is 0 Å². The highest BCUT2D eigenvalue weighted by molar-refractivity contribution is 7.15. The van der Waals surface area contributed by atoms with E-state index in [1.165, 1.54) is 28.5 Å². The number of nitrogens with one attached hydrogen (secondary N) is 1. The van der Waals surface area contributed by atoms with Crippen LogP contribution in [0.5, 0.6) is 0 Å². The molecule has 3 aliphatic heterocycles. The summed E-state index contributed by atoms with van der Waals surface area (Å²) in [7, 11) is 0. The van der Waals surface area contributed by atoms with Crippen molar-refractivity contribution >= 4 is 22.4 Å². The summed E-state index contributed by atoms with van der Waals surface area (Å²) in [4.78, 5) is 23.3. The van der Waals surface area contributed by atoms with Gasteiger partial charge in [-0.1, -0.05) is 32.1 Å². The van der Waals surface area contributed by atoms with Gasteiger partial charge in [0.1, 0.15) is 0 Å². The molecule has 2 atom stereocenters. The van der Waals surface area contributed by atoms with Gasteiger partial charge in [-0.25, -0.2) is 4.98 Å². The van der Waals surface area contributed by atoms with Crippen molar-refractivity contribution in [3.63, 3.8) is 0 Å². The number of nitrogens with zero attached hydrogens (tertiary/aromatic N) is 3. The lowest BCUT2D eigenvalue weighted by molar-refractivity contribution is -0.140. The molecule has 0 saturated carbocycles. The molecule has 2 bridgehead atoms. The highest BCUT2D eigenvalue weighted by atomic mass is 32.1. The van der Waals surface area contributed by atoms with E-state index in [1.54, 1.807) is 0 Å². The van der Waals surface area contributed by atoms with E-state index in [9.17, 15) is 4.79 Å². The highest BCUT2D eigenvalue weighted by Gasteiger charge is 2.39. The Balaban J connectivity index is 1.55. The standard InChI is InChI=1S/C17H26N4OS/c1-17(2,3)15(22)20-7-6-13-14(10-20)23-16(19-13)21-11-4-5-12(21)9-18-8-11/h11-12,18H,4-10H2,1-3H3. The van der Waals surface area contributed by atoms with Gasteiger partial charge in [-0.3, -0.25) is 4.79 Å². The summed E-state index contributed by atoms with van der Waals surface area (Å²) in [5.74, 6) is 0.250. The Morgan fingerprint density at radius 3 is 2.61 bits per heavy atom. The second-order valence-corrected chi connectivity index (χ2v) is 9.11. The van der Waals surface area contributed by atoms with Crippen LogP contribution in [0.2, 0.25) is 0 Å². The van der Waals surface area contributed by atoms with Gasteiger partial charge in [-0.15, -0.1) is 0 Å². The van der Waals surface area contributed by atoms with Crippen molar-refractivity contribution in [2.75, 3.05) is 24.5 Å². The third kappa shape index (κ3) is 2.66. The minimum atomic E-state index is -0.303. The molecule has 1 N–H and O–H groups in total. The van der Waals surface area contributed by atoms with E-state index < -0.39 is 0 Å². The Labute approximate surface area is 142 Å². The minimum Gasteiger partial charge on any atom is -0.340 e. The van der Waals surface area contributed by atoms with Crippen molar-refractivity contribution in [1.29, 1.82) is 0 Å². The molecule has 2 unspecified atom stereocenters. The van der Waals surface area contributed by atoms with E-state index in [2.05, 4.69) is 10.2 Å². The Morgan fingerprint density at radius 2 is 1.96 bits per heavy atom. The van der Waals surface area contributed by atoms with E-state index in [4.69, 9.17) is 4.98 Å². The lowest BCUT2D eigenvalue weighted by atomic mass is 9.94. The zero-order valence-corrected chi connectivity index (χ0v) is 15.1. The second kappa shape index (κ2) is 5.45. The number of fused-ring (bicyclic) bond motifs is 3. The zero-order valence-electron chi connectivity index (χ0n) is 14.3. The summed E-state index contributed by atoms with van der Waals surface area (Å²) in [5.41, 5.74) is 0.920. The average Bonchev–Trinajstić information content (AvgIpc) is 3.02. The highest BCUT2D eigenvalue weighted by Crippen LogP contribution is 2.38. The van der Waals surface area contributed by atoms with Crippen molar-refractivity contribution < 1.29 is 4.79 Å². The molecule has 1 aromatic heterocycles. The monoisotopic (exact) mass is 334 g/mol. The number of hydrogen-bond donors (Lipinski definition) is 1. The van der Waals surface area contributed by atoms with E-state index in [-0.39, 0.29) is 11.3 Å². The third-order valence-corrected chi connectivity index (χ3v) is 6.35. The number of thiazole rings is 1. The van der Waals surface area contributed by atoms with Crippen molar-refractivity contribution in [2.24, 2.45) is 5.41 Å². The van der Waals surface area contributed by atoms with Gasteiger partial charge in [0.2, 0.25) is 5.91 Å². The number of carbonyl (C=O) groups excluding carboxylic acids is 1. The molecule has 6 heteroatoms. The predicted octanol–water partition coefficient (Wildman–Crippen LogP) is 2.01. The molecule has 0 radical (unpaired) electrons. The van der Waals surface area contributed by atoms with Gasteiger partial charge in [-0.05, 0) is 12.8 Å². The maximum atomic E-state index is 12.5. The predicted molar refractivity (Wildman–Crippen MR) is 92.8 cm³/mol. The maximum absolute atomic E-state index is 12.5. The van der Waals surface area contributed by atoms with Crippen LogP contribution in [0, 0.1) is 5.41 Å². The van der Waals surface area contributed by atoms with Crippen LogP contribution < -0.4 is 10.2 Å². The average molecular weight is 334 g/mol. The molecule has 0 aliphatic carbocycles. The van der Waals surface area contributed by atoms with Crippen LogP contribution in [0.15, 0.2) is 0 Å².